The molecule has 8 nitrogen and oxygen atoms in total. The van der Waals surface area contributed by atoms with Crippen LogP contribution in [0.1, 0.15) is 21.6 Å². The van der Waals surface area contributed by atoms with Crippen LogP contribution in [0.4, 0.5) is 0 Å². The fourth-order valence-electron chi connectivity index (χ4n) is 3.50. The minimum Gasteiger partial charge on any atom is -0.506 e. The number of benzene rings is 1. The van der Waals surface area contributed by atoms with Crippen molar-refractivity contribution in [3.63, 3.8) is 0 Å². The molecule has 0 saturated heterocycles. The van der Waals surface area contributed by atoms with E-state index in [0.29, 0.717) is 29.1 Å². The minimum absolute atomic E-state index is 0.248. The highest BCUT2D eigenvalue weighted by Gasteiger charge is 2.26. The predicted octanol–water partition coefficient (Wildman–Crippen LogP) is 1.33. The number of aromatic nitrogens is 2. The van der Waals surface area contributed by atoms with Crippen LogP contribution in [-0.4, -0.2) is 32.3 Å². The van der Waals surface area contributed by atoms with Crippen molar-refractivity contribution in [2.45, 2.75) is 13.0 Å². The molecule has 1 aliphatic heterocycles. The standard InChI is InChI=1S/C18H17N3O5/c1-21-9(7-19)4-8-5-11-13(6-12(8)21)26-3-2-10-15(11)20-17(23)14(16(10)22)18(24)25/h4-6H,2-3,7,19H2,1H3,(H,24,25)(H2,20,22,23). The van der Waals surface area contributed by atoms with Crippen molar-refractivity contribution < 1.29 is 19.7 Å². The number of fused-ring (bicyclic) bond motifs is 4. The lowest BCUT2D eigenvalue weighted by Gasteiger charge is -2.11. The lowest BCUT2D eigenvalue weighted by atomic mass is 9.99. The van der Waals surface area contributed by atoms with E-state index in [0.717, 1.165) is 16.6 Å². The van der Waals surface area contributed by atoms with Crippen LogP contribution in [0.3, 0.4) is 0 Å². The van der Waals surface area contributed by atoms with Gasteiger partial charge >= 0.3 is 5.97 Å². The number of rotatable bonds is 2. The minimum atomic E-state index is -1.47. The number of hydrogen-bond donors (Lipinski definition) is 4. The molecule has 134 valence electrons. The number of aromatic amines is 1. The Hall–Kier alpha value is -3.26. The maximum Gasteiger partial charge on any atom is 0.345 e. The van der Waals surface area contributed by atoms with Crippen LogP contribution in [0, 0.1) is 0 Å². The molecule has 0 bridgehead atoms. The molecule has 3 aromatic rings. The highest BCUT2D eigenvalue weighted by atomic mass is 16.5. The van der Waals surface area contributed by atoms with Gasteiger partial charge in [-0.2, -0.15) is 0 Å². The molecule has 0 amide bonds. The monoisotopic (exact) mass is 355 g/mol. The number of nitrogens with one attached hydrogen (secondary N) is 1. The third kappa shape index (κ3) is 2.19. The first-order valence-corrected chi connectivity index (χ1v) is 8.09. The van der Waals surface area contributed by atoms with E-state index in [1.807, 2.05) is 29.8 Å². The number of nitrogens with two attached hydrogens (primary N) is 1. The van der Waals surface area contributed by atoms with E-state index in [1.165, 1.54) is 0 Å². The number of carboxylic acid groups (broad SMARTS) is 1. The number of hydrogen-bond acceptors (Lipinski definition) is 5. The van der Waals surface area contributed by atoms with Crippen molar-refractivity contribution in [3.05, 3.63) is 45.4 Å². The summed E-state index contributed by atoms with van der Waals surface area (Å²) < 4.78 is 7.78. The van der Waals surface area contributed by atoms with Crippen molar-refractivity contribution >= 4 is 16.9 Å². The van der Waals surface area contributed by atoms with Gasteiger partial charge in [-0.1, -0.05) is 0 Å². The highest BCUT2D eigenvalue weighted by molar-refractivity contribution is 5.94. The zero-order valence-corrected chi connectivity index (χ0v) is 14.0. The second kappa shape index (κ2) is 5.63. The zero-order chi connectivity index (χ0) is 18.6. The number of aromatic carboxylic acids is 1. The van der Waals surface area contributed by atoms with Crippen LogP contribution in [0.25, 0.3) is 22.2 Å². The number of aromatic hydroxyl groups is 1. The van der Waals surface area contributed by atoms with Gasteiger partial charge < -0.3 is 30.2 Å². The second-order valence-corrected chi connectivity index (χ2v) is 6.24. The van der Waals surface area contributed by atoms with Crippen molar-refractivity contribution in [1.82, 2.24) is 9.55 Å². The lowest BCUT2D eigenvalue weighted by Crippen LogP contribution is -2.20. The van der Waals surface area contributed by atoms with Gasteiger partial charge in [0, 0.05) is 48.3 Å². The Morgan fingerprint density at radius 1 is 1.38 bits per heavy atom. The van der Waals surface area contributed by atoms with Gasteiger partial charge in [-0.3, -0.25) is 4.79 Å². The van der Waals surface area contributed by atoms with Gasteiger partial charge in [0.1, 0.15) is 11.5 Å². The summed E-state index contributed by atoms with van der Waals surface area (Å²) in [6, 6.07) is 5.66. The number of ether oxygens (including phenoxy) is 1. The summed E-state index contributed by atoms with van der Waals surface area (Å²) in [7, 11) is 1.91. The SMILES string of the molecule is Cn1c(CN)cc2cc3c(cc21)OCCc1c-3[nH]c(=O)c(C(=O)O)c1O. The molecule has 2 aromatic heterocycles. The summed E-state index contributed by atoms with van der Waals surface area (Å²) >= 11 is 0. The Labute approximate surface area is 147 Å². The maximum absolute atomic E-state index is 12.2. The quantitative estimate of drug-likeness (QED) is 0.548. The molecule has 26 heavy (non-hydrogen) atoms. The van der Waals surface area contributed by atoms with Crippen LogP contribution >= 0.6 is 0 Å². The third-order valence-corrected chi connectivity index (χ3v) is 4.84. The topological polar surface area (TPSA) is 131 Å². The van der Waals surface area contributed by atoms with Gasteiger partial charge in [0.05, 0.1) is 17.8 Å². The molecule has 1 aromatic carbocycles. The molecule has 0 atom stereocenters. The van der Waals surface area contributed by atoms with Crippen molar-refractivity contribution in [2.75, 3.05) is 6.61 Å². The molecular weight excluding hydrogens is 338 g/mol. The maximum atomic E-state index is 12.2. The number of pyridine rings is 1. The van der Waals surface area contributed by atoms with E-state index in [9.17, 15) is 19.8 Å². The number of aryl methyl sites for hydroxylation is 1. The van der Waals surface area contributed by atoms with Crippen LogP contribution in [0.15, 0.2) is 23.0 Å². The average molecular weight is 355 g/mol. The molecule has 8 heteroatoms. The van der Waals surface area contributed by atoms with Crippen LogP contribution in [0.2, 0.25) is 0 Å². The molecule has 0 spiro atoms. The highest BCUT2D eigenvalue weighted by Crippen LogP contribution is 2.40. The molecular formula is C18H17N3O5. The first-order valence-electron chi connectivity index (χ1n) is 8.09. The van der Waals surface area contributed by atoms with Crippen molar-refractivity contribution in [3.8, 4) is 22.8 Å². The Morgan fingerprint density at radius 3 is 2.85 bits per heavy atom. The normalized spacial score (nSPS) is 13.0. The van der Waals surface area contributed by atoms with Crippen LogP contribution < -0.4 is 16.0 Å². The average Bonchev–Trinajstić information content (AvgIpc) is 2.79. The van der Waals surface area contributed by atoms with Gasteiger partial charge in [-0.15, -0.1) is 0 Å². The Kier molecular flexibility index (Phi) is 3.52. The number of carboxylic acids is 1. The van der Waals surface area contributed by atoms with Gasteiger partial charge in [0.15, 0.2) is 5.56 Å². The summed E-state index contributed by atoms with van der Waals surface area (Å²) in [6.45, 7) is 0.630. The Bertz CT molecular complexity index is 1130. The van der Waals surface area contributed by atoms with Gasteiger partial charge in [0.2, 0.25) is 0 Å². The largest absolute Gasteiger partial charge is 0.506 e. The van der Waals surface area contributed by atoms with E-state index in [2.05, 4.69) is 4.98 Å². The number of carbonyl (C=O) groups is 1. The molecule has 1 aliphatic rings. The molecule has 3 heterocycles. The fourth-order valence-corrected chi connectivity index (χ4v) is 3.50. The molecule has 0 saturated carbocycles. The molecule has 0 radical (unpaired) electrons. The van der Waals surface area contributed by atoms with E-state index in [4.69, 9.17) is 10.5 Å². The molecule has 0 aliphatic carbocycles. The summed E-state index contributed by atoms with van der Waals surface area (Å²) in [5.74, 6) is -1.43. The number of nitrogens with zero attached hydrogens (tertiary/aromatic N) is 1. The zero-order valence-electron chi connectivity index (χ0n) is 14.0. The van der Waals surface area contributed by atoms with Crippen molar-refractivity contribution in [1.29, 1.82) is 0 Å². The van der Waals surface area contributed by atoms with Gasteiger partial charge in [-0.05, 0) is 12.1 Å². The first-order chi connectivity index (χ1) is 12.4. The summed E-state index contributed by atoms with van der Waals surface area (Å²) in [6.07, 6.45) is 0.275. The second-order valence-electron chi connectivity index (χ2n) is 6.24. The Morgan fingerprint density at radius 2 is 2.15 bits per heavy atom. The van der Waals surface area contributed by atoms with E-state index < -0.39 is 22.8 Å². The Balaban J connectivity index is 2.05. The summed E-state index contributed by atoms with van der Waals surface area (Å²) in [4.78, 5) is 26.1. The smallest absolute Gasteiger partial charge is 0.345 e. The molecule has 0 fully saturated rings. The summed E-state index contributed by atoms with van der Waals surface area (Å²) in [5, 5.41) is 20.5. The third-order valence-electron chi connectivity index (χ3n) is 4.84. The van der Waals surface area contributed by atoms with Gasteiger partial charge in [-0.25, -0.2) is 4.79 Å². The van der Waals surface area contributed by atoms with Crippen molar-refractivity contribution in [2.24, 2.45) is 12.8 Å². The van der Waals surface area contributed by atoms with Crippen LogP contribution in [-0.2, 0) is 20.0 Å². The lowest BCUT2D eigenvalue weighted by molar-refractivity contribution is 0.0691. The predicted molar refractivity (Wildman–Crippen MR) is 94.7 cm³/mol. The van der Waals surface area contributed by atoms with Gasteiger partial charge in [0.25, 0.3) is 5.56 Å². The van der Waals surface area contributed by atoms with E-state index >= 15 is 0 Å². The summed E-state index contributed by atoms with van der Waals surface area (Å²) in [5.41, 5.74) is 7.47. The molecule has 4 rings (SSSR count). The fraction of sp³-hybridized carbons (Fsp3) is 0.222. The molecule has 0 unspecified atom stereocenters. The van der Waals surface area contributed by atoms with E-state index in [1.54, 1.807) is 0 Å². The van der Waals surface area contributed by atoms with E-state index in [-0.39, 0.29) is 13.0 Å². The molecule has 5 N–H and O–H groups in total. The van der Waals surface area contributed by atoms with Crippen LogP contribution in [0.5, 0.6) is 11.5 Å². The number of H-pyrrole nitrogens is 1. The first kappa shape index (κ1) is 16.2.